The van der Waals surface area contributed by atoms with Crippen LogP contribution in [0.5, 0.6) is 0 Å². The van der Waals surface area contributed by atoms with Crippen molar-refractivity contribution >= 4 is 42.8 Å². The molecule has 13 heteroatoms. The van der Waals surface area contributed by atoms with E-state index in [1.54, 1.807) is 12.1 Å². The van der Waals surface area contributed by atoms with Crippen molar-refractivity contribution < 1.29 is 21.4 Å². The Morgan fingerprint density at radius 2 is 1.96 bits per heavy atom. The first kappa shape index (κ1) is 19.8. The van der Waals surface area contributed by atoms with E-state index in [-0.39, 0.29) is 18.3 Å². The zero-order chi connectivity index (χ0) is 18.7. The Bertz CT molecular complexity index is 838. The van der Waals surface area contributed by atoms with Gasteiger partial charge in [0.15, 0.2) is 5.17 Å². The summed E-state index contributed by atoms with van der Waals surface area (Å²) in [5.74, 6) is -0.408. The fourth-order valence-corrected chi connectivity index (χ4v) is 3.84. The van der Waals surface area contributed by atoms with Gasteiger partial charge in [0, 0.05) is 12.2 Å². The van der Waals surface area contributed by atoms with Crippen molar-refractivity contribution in [2.45, 2.75) is 11.8 Å². The summed E-state index contributed by atoms with van der Waals surface area (Å²) in [6, 6.07) is 7.13. The molecule has 1 aliphatic rings. The van der Waals surface area contributed by atoms with Crippen LogP contribution in [0, 0.1) is 0 Å². The normalized spacial score (nSPS) is 20.2. The lowest BCUT2D eigenvalue weighted by Gasteiger charge is -2.18. The lowest BCUT2D eigenvalue weighted by molar-refractivity contribution is 0.316. The average Bonchev–Trinajstić information content (AvgIpc) is 2.87. The van der Waals surface area contributed by atoms with Crippen molar-refractivity contribution in [2.24, 2.45) is 5.10 Å². The summed E-state index contributed by atoms with van der Waals surface area (Å²) in [5, 5.41) is 5.48. The molecule has 1 saturated heterocycles. The fraction of sp³-hybridized carbons (Fsp3) is 0.417. The highest BCUT2D eigenvalue weighted by Gasteiger charge is 2.30. The third kappa shape index (κ3) is 6.70. The van der Waals surface area contributed by atoms with Gasteiger partial charge in [0.25, 0.3) is 10.1 Å². The van der Waals surface area contributed by atoms with Gasteiger partial charge in [-0.2, -0.15) is 8.42 Å². The summed E-state index contributed by atoms with van der Waals surface area (Å²) in [5.41, 5.74) is 10.3. The lowest BCUT2D eigenvalue weighted by Crippen LogP contribution is -2.37. The van der Waals surface area contributed by atoms with Gasteiger partial charge in [-0.05, 0) is 24.1 Å². The summed E-state index contributed by atoms with van der Waals surface area (Å²) in [6.45, 7) is 0.211. The number of sulfonamides is 1. The van der Waals surface area contributed by atoms with E-state index in [9.17, 15) is 16.8 Å². The number of hydrogen-bond acceptors (Lipinski definition) is 8. The van der Waals surface area contributed by atoms with E-state index >= 15 is 0 Å². The van der Waals surface area contributed by atoms with Crippen LogP contribution < -0.4 is 16.0 Å². The second kappa shape index (κ2) is 7.78. The molecule has 0 aliphatic carbocycles. The second-order valence-electron chi connectivity index (χ2n) is 5.34. The van der Waals surface area contributed by atoms with Crippen molar-refractivity contribution in [1.29, 1.82) is 0 Å². The maximum atomic E-state index is 11.2. The van der Waals surface area contributed by atoms with Gasteiger partial charge in [0.2, 0.25) is 10.0 Å². The van der Waals surface area contributed by atoms with E-state index in [2.05, 4.69) is 15.4 Å². The molecule has 0 amide bonds. The van der Waals surface area contributed by atoms with E-state index in [0.29, 0.717) is 10.9 Å². The van der Waals surface area contributed by atoms with E-state index in [1.807, 2.05) is 12.1 Å². The summed E-state index contributed by atoms with van der Waals surface area (Å²) >= 11 is 1.26. The molecule has 0 unspecified atom stereocenters. The van der Waals surface area contributed by atoms with Gasteiger partial charge in [-0.3, -0.25) is 9.56 Å². The molecule has 1 atom stereocenters. The third-order valence-corrected chi connectivity index (χ3v) is 5.42. The molecular weight excluding hydrogens is 390 g/mol. The second-order valence-corrected chi connectivity index (χ2v) is 9.71. The number of benzene rings is 1. The molecule has 0 spiro atoms. The number of thioether (sulfide) groups is 1. The fourth-order valence-electron chi connectivity index (χ4n) is 1.98. The molecule has 0 bridgehead atoms. The largest absolute Gasteiger partial charge is 0.399 e. The van der Waals surface area contributed by atoms with Crippen LogP contribution in [0.25, 0.3) is 0 Å². The molecule has 5 N–H and O–H groups in total. The number of nitrogens with one attached hydrogen (secondary N) is 2. The Morgan fingerprint density at radius 3 is 2.52 bits per heavy atom. The Morgan fingerprint density at radius 1 is 1.32 bits per heavy atom. The SMILES string of the molecule is CS(=O)(=O)N/N=C1/S[C@H](c2ccc(N)cc2)NN1CCCS(=O)(=O)O. The highest BCUT2D eigenvalue weighted by Crippen LogP contribution is 2.34. The van der Waals surface area contributed by atoms with E-state index in [0.717, 1.165) is 11.8 Å². The maximum absolute atomic E-state index is 11.2. The van der Waals surface area contributed by atoms with Crippen LogP contribution in [-0.4, -0.2) is 50.1 Å². The van der Waals surface area contributed by atoms with Crippen LogP contribution in [0.15, 0.2) is 29.4 Å². The zero-order valence-electron chi connectivity index (χ0n) is 13.3. The van der Waals surface area contributed by atoms with E-state index in [4.69, 9.17) is 10.3 Å². The van der Waals surface area contributed by atoms with Gasteiger partial charge in [-0.15, -0.1) is 5.10 Å². The van der Waals surface area contributed by atoms with Crippen LogP contribution in [0.1, 0.15) is 17.4 Å². The summed E-state index contributed by atoms with van der Waals surface area (Å²) in [7, 11) is -7.59. The van der Waals surface area contributed by atoms with E-state index < -0.39 is 25.9 Å². The monoisotopic (exact) mass is 409 g/mol. The molecule has 1 fully saturated rings. The predicted molar refractivity (Wildman–Crippen MR) is 97.5 cm³/mol. The molecule has 0 aromatic heterocycles. The quantitative estimate of drug-likeness (QED) is 0.275. The van der Waals surface area contributed by atoms with E-state index in [1.165, 1.54) is 16.8 Å². The van der Waals surface area contributed by atoms with Gasteiger partial charge in [-0.1, -0.05) is 23.9 Å². The molecule has 10 nitrogen and oxygen atoms in total. The standard InChI is InChI=1S/C12H19N5O5S3/c1-24(18,19)16-14-12-17(7-2-8-25(20,21)22)15-11(23-12)9-3-5-10(13)6-4-9/h3-6,11,15-16H,2,7-8,13H2,1H3,(H,20,21,22)/b14-12+/t11-/m1/s1. The Kier molecular flexibility index (Phi) is 6.16. The molecule has 2 rings (SSSR count). The first-order valence-electron chi connectivity index (χ1n) is 7.09. The molecule has 0 radical (unpaired) electrons. The molecule has 0 saturated carbocycles. The Balaban J connectivity index is 2.13. The highest BCUT2D eigenvalue weighted by molar-refractivity contribution is 8.14. The van der Waals surface area contributed by atoms with Gasteiger partial charge in [-0.25, -0.2) is 18.7 Å². The topological polar surface area (TPSA) is 154 Å². The molecule has 1 aromatic carbocycles. The van der Waals surface area contributed by atoms with Gasteiger partial charge in [0.1, 0.15) is 5.37 Å². The number of nitrogens with zero attached hydrogens (tertiary/aromatic N) is 2. The molecule has 140 valence electrons. The number of hydrogen-bond donors (Lipinski definition) is 4. The zero-order valence-corrected chi connectivity index (χ0v) is 15.7. The number of hydrazine groups is 1. The average molecular weight is 410 g/mol. The minimum Gasteiger partial charge on any atom is -0.399 e. The molecule has 25 heavy (non-hydrogen) atoms. The minimum atomic E-state index is -4.07. The van der Waals surface area contributed by atoms with Crippen molar-refractivity contribution in [3.8, 4) is 0 Å². The molecular formula is C12H19N5O5S3. The summed E-state index contributed by atoms with van der Waals surface area (Å²) in [4.78, 5) is 2.05. The van der Waals surface area contributed by atoms with Crippen LogP contribution in [-0.2, 0) is 20.1 Å². The maximum Gasteiger partial charge on any atom is 0.264 e. The van der Waals surface area contributed by atoms with Crippen molar-refractivity contribution in [2.75, 3.05) is 24.3 Å². The van der Waals surface area contributed by atoms with Crippen LogP contribution in [0.3, 0.4) is 0 Å². The summed E-state index contributed by atoms with van der Waals surface area (Å²) in [6.07, 6.45) is 1.11. The Labute approximate surface area is 150 Å². The smallest absolute Gasteiger partial charge is 0.264 e. The third-order valence-electron chi connectivity index (χ3n) is 3.06. The van der Waals surface area contributed by atoms with Crippen molar-refractivity contribution in [3.63, 3.8) is 0 Å². The van der Waals surface area contributed by atoms with Crippen LogP contribution >= 0.6 is 11.8 Å². The van der Waals surface area contributed by atoms with Gasteiger partial charge >= 0.3 is 0 Å². The van der Waals surface area contributed by atoms with Crippen molar-refractivity contribution in [3.05, 3.63) is 29.8 Å². The van der Waals surface area contributed by atoms with Crippen molar-refractivity contribution in [1.82, 2.24) is 15.3 Å². The van der Waals surface area contributed by atoms with Gasteiger partial charge < -0.3 is 5.73 Å². The highest BCUT2D eigenvalue weighted by atomic mass is 32.2. The summed E-state index contributed by atoms with van der Waals surface area (Å²) < 4.78 is 53.0. The number of nitrogens with two attached hydrogens (primary N) is 1. The number of rotatable bonds is 7. The van der Waals surface area contributed by atoms with Crippen LogP contribution in [0.4, 0.5) is 5.69 Å². The lowest BCUT2D eigenvalue weighted by atomic mass is 10.2. The number of nitrogen functional groups attached to an aromatic ring is 1. The molecule has 1 aliphatic heterocycles. The Hall–Kier alpha value is -1.54. The first-order valence-corrected chi connectivity index (χ1v) is 11.5. The van der Waals surface area contributed by atoms with Crippen LogP contribution in [0.2, 0.25) is 0 Å². The van der Waals surface area contributed by atoms with Gasteiger partial charge in [0.05, 0.1) is 12.0 Å². The molecule has 1 heterocycles. The first-order chi connectivity index (χ1) is 11.5. The number of hydrazone groups is 1. The number of anilines is 1. The number of amidine groups is 1. The molecule has 1 aromatic rings. The minimum absolute atomic E-state index is 0.138. The predicted octanol–water partition coefficient (Wildman–Crippen LogP) is -0.0811.